The SMILES string of the molecule is CC(O)(c1cccnc1)c1ccc(F)cc1F. The van der Waals surface area contributed by atoms with Crippen LogP contribution in [0.2, 0.25) is 0 Å². The Morgan fingerprint density at radius 2 is 2.00 bits per heavy atom. The van der Waals surface area contributed by atoms with Crippen LogP contribution in [0, 0.1) is 11.6 Å². The fraction of sp³-hybridized carbons (Fsp3) is 0.154. The first-order valence-electron chi connectivity index (χ1n) is 5.10. The number of aliphatic hydroxyl groups is 1. The van der Waals surface area contributed by atoms with Crippen molar-refractivity contribution in [3.8, 4) is 0 Å². The van der Waals surface area contributed by atoms with Gasteiger partial charge in [-0.05, 0) is 25.1 Å². The van der Waals surface area contributed by atoms with Crippen molar-refractivity contribution in [2.45, 2.75) is 12.5 Å². The van der Waals surface area contributed by atoms with Crippen LogP contribution in [0.5, 0.6) is 0 Å². The predicted molar refractivity (Wildman–Crippen MR) is 59.3 cm³/mol. The van der Waals surface area contributed by atoms with Gasteiger partial charge in [0.05, 0.1) is 0 Å². The normalized spacial score (nSPS) is 14.4. The topological polar surface area (TPSA) is 33.1 Å². The van der Waals surface area contributed by atoms with Crippen molar-refractivity contribution in [1.29, 1.82) is 0 Å². The number of halogens is 2. The molecular weight excluding hydrogens is 224 g/mol. The second-order valence-electron chi connectivity index (χ2n) is 3.94. The van der Waals surface area contributed by atoms with Gasteiger partial charge in [-0.25, -0.2) is 8.78 Å². The lowest BCUT2D eigenvalue weighted by molar-refractivity contribution is 0.0974. The molecule has 88 valence electrons. The lowest BCUT2D eigenvalue weighted by atomic mass is 9.89. The smallest absolute Gasteiger partial charge is 0.132 e. The Kier molecular flexibility index (Phi) is 2.90. The molecule has 1 N–H and O–H groups in total. The number of pyridine rings is 1. The molecule has 2 nitrogen and oxygen atoms in total. The number of hydrogen-bond donors (Lipinski definition) is 1. The molecule has 0 fully saturated rings. The number of hydrogen-bond acceptors (Lipinski definition) is 2. The first-order valence-corrected chi connectivity index (χ1v) is 5.10. The maximum Gasteiger partial charge on any atom is 0.132 e. The van der Waals surface area contributed by atoms with Gasteiger partial charge in [-0.15, -0.1) is 0 Å². The Morgan fingerprint density at radius 3 is 2.59 bits per heavy atom. The van der Waals surface area contributed by atoms with Crippen LogP contribution in [0.25, 0.3) is 0 Å². The zero-order valence-corrected chi connectivity index (χ0v) is 9.19. The molecule has 1 heterocycles. The van der Waals surface area contributed by atoms with Crippen molar-refractivity contribution in [2.75, 3.05) is 0 Å². The minimum absolute atomic E-state index is 0.0203. The summed E-state index contributed by atoms with van der Waals surface area (Å²) in [5.74, 6) is -1.45. The van der Waals surface area contributed by atoms with Crippen molar-refractivity contribution >= 4 is 0 Å². The van der Waals surface area contributed by atoms with Crippen LogP contribution in [0.3, 0.4) is 0 Å². The molecule has 4 heteroatoms. The summed E-state index contributed by atoms with van der Waals surface area (Å²) >= 11 is 0. The minimum Gasteiger partial charge on any atom is -0.381 e. The summed E-state index contributed by atoms with van der Waals surface area (Å²) < 4.78 is 26.4. The van der Waals surface area contributed by atoms with E-state index in [0.29, 0.717) is 5.56 Å². The molecule has 1 aromatic heterocycles. The van der Waals surface area contributed by atoms with Crippen molar-refractivity contribution in [1.82, 2.24) is 4.98 Å². The average molecular weight is 235 g/mol. The highest BCUT2D eigenvalue weighted by Gasteiger charge is 2.29. The Labute approximate surface area is 97.6 Å². The van der Waals surface area contributed by atoms with Crippen LogP contribution in [0.15, 0.2) is 42.7 Å². The van der Waals surface area contributed by atoms with Crippen molar-refractivity contribution < 1.29 is 13.9 Å². The van der Waals surface area contributed by atoms with E-state index in [0.717, 1.165) is 12.1 Å². The standard InChI is InChI=1S/C13H11F2NO/c1-13(17,9-3-2-6-16-8-9)11-5-4-10(14)7-12(11)15/h2-8,17H,1H3. The molecule has 0 saturated carbocycles. The quantitative estimate of drug-likeness (QED) is 0.868. The molecule has 0 spiro atoms. The maximum absolute atomic E-state index is 13.6. The van der Waals surface area contributed by atoms with Gasteiger partial charge in [0.15, 0.2) is 0 Å². The molecule has 1 unspecified atom stereocenters. The van der Waals surface area contributed by atoms with Crippen LogP contribution in [-0.2, 0) is 5.60 Å². The summed E-state index contributed by atoms with van der Waals surface area (Å²) in [6.07, 6.45) is 3.00. The molecule has 0 saturated heterocycles. The predicted octanol–water partition coefficient (Wildman–Crippen LogP) is 2.62. The molecule has 17 heavy (non-hydrogen) atoms. The van der Waals surface area contributed by atoms with E-state index >= 15 is 0 Å². The van der Waals surface area contributed by atoms with Crippen molar-refractivity contribution in [2.24, 2.45) is 0 Å². The monoisotopic (exact) mass is 235 g/mol. The van der Waals surface area contributed by atoms with Crippen LogP contribution in [-0.4, -0.2) is 10.1 Å². The van der Waals surface area contributed by atoms with Gasteiger partial charge in [0, 0.05) is 29.6 Å². The zero-order valence-electron chi connectivity index (χ0n) is 9.19. The summed E-state index contributed by atoms with van der Waals surface area (Å²) in [6, 6.07) is 6.38. The van der Waals surface area contributed by atoms with Crippen LogP contribution < -0.4 is 0 Å². The lowest BCUT2D eigenvalue weighted by Crippen LogP contribution is -2.24. The highest BCUT2D eigenvalue weighted by molar-refractivity contribution is 5.34. The Morgan fingerprint density at radius 1 is 1.24 bits per heavy atom. The van der Waals surface area contributed by atoms with Crippen LogP contribution in [0.1, 0.15) is 18.1 Å². The van der Waals surface area contributed by atoms with Crippen LogP contribution in [0.4, 0.5) is 8.78 Å². The molecule has 0 amide bonds. The largest absolute Gasteiger partial charge is 0.381 e. The molecule has 1 aromatic carbocycles. The van der Waals surface area contributed by atoms with E-state index in [-0.39, 0.29) is 5.56 Å². The van der Waals surface area contributed by atoms with E-state index in [1.807, 2.05) is 0 Å². The van der Waals surface area contributed by atoms with E-state index < -0.39 is 17.2 Å². The summed E-state index contributed by atoms with van der Waals surface area (Å²) in [6.45, 7) is 1.44. The molecule has 0 aliphatic rings. The van der Waals surface area contributed by atoms with Gasteiger partial charge >= 0.3 is 0 Å². The molecule has 0 bridgehead atoms. The maximum atomic E-state index is 13.6. The number of benzene rings is 1. The van der Waals surface area contributed by atoms with Gasteiger partial charge in [0.1, 0.15) is 17.2 Å². The molecule has 0 aliphatic heterocycles. The summed E-state index contributed by atoms with van der Waals surface area (Å²) in [4.78, 5) is 3.87. The fourth-order valence-electron chi connectivity index (χ4n) is 1.69. The Bertz CT molecular complexity index is 526. The van der Waals surface area contributed by atoms with Gasteiger partial charge in [-0.2, -0.15) is 0 Å². The summed E-state index contributed by atoms with van der Waals surface area (Å²) in [5.41, 5.74) is -1.07. The summed E-state index contributed by atoms with van der Waals surface area (Å²) in [5, 5.41) is 10.3. The average Bonchev–Trinajstić information content (AvgIpc) is 2.29. The second kappa shape index (κ2) is 4.22. The van der Waals surface area contributed by atoms with E-state index in [4.69, 9.17) is 0 Å². The van der Waals surface area contributed by atoms with Crippen molar-refractivity contribution in [3.05, 3.63) is 65.5 Å². The second-order valence-corrected chi connectivity index (χ2v) is 3.94. The van der Waals surface area contributed by atoms with Gasteiger partial charge in [-0.3, -0.25) is 4.98 Å². The highest BCUT2D eigenvalue weighted by atomic mass is 19.1. The highest BCUT2D eigenvalue weighted by Crippen LogP contribution is 2.30. The number of aromatic nitrogens is 1. The zero-order chi connectivity index (χ0) is 12.5. The third-order valence-corrected chi connectivity index (χ3v) is 2.68. The lowest BCUT2D eigenvalue weighted by Gasteiger charge is -2.24. The Hall–Kier alpha value is -1.81. The van der Waals surface area contributed by atoms with E-state index in [1.54, 1.807) is 18.3 Å². The van der Waals surface area contributed by atoms with E-state index in [2.05, 4.69) is 4.98 Å². The van der Waals surface area contributed by atoms with Gasteiger partial charge in [0.2, 0.25) is 0 Å². The first-order chi connectivity index (χ1) is 8.01. The molecular formula is C13H11F2NO. The number of rotatable bonds is 2. The molecule has 2 rings (SSSR count). The third kappa shape index (κ3) is 2.17. The third-order valence-electron chi connectivity index (χ3n) is 2.68. The first kappa shape index (κ1) is 11.7. The van der Waals surface area contributed by atoms with E-state index in [1.165, 1.54) is 19.2 Å². The van der Waals surface area contributed by atoms with Gasteiger partial charge in [-0.1, -0.05) is 6.07 Å². The van der Waals surface area contributed by atoms with Gasteiger partial charge < -0.3 is 5.11 Å². The van der Waals surface area contributed by atoms with Crippen molar-refractivity contribution in [3.63, 3.8) is 0 Å². The van der Waals surface area contributed by atoms with Gasteiger partial charge in [0.25, 0.3) is 0 Å². The number of nitrogens with zero attached hydrogens (tertiary/aromatic N) is 1. The molecule has 2 aromatic rings. The van der Waals surface area contributed by atoms with Crippen LogP contribution >= 0.6 is 0 Å². The van der Waals surface area contributed by atoms with E-state index in [9.17, 15) is 13.9 Å². The fourth-order valence-corrected chi connectivity index (χ4v) is 1.69. The summed E-state index contributed by atoms with van der Waals surface area (Å²) in [7, 11) is 0. The Balaban J connectivity index is 2.52. The molecule has 0 radical (unpaired) electrons. The molecule has 1 atom stereocenters. The minimum atomic E-state index is -1.54. The molecule has 0 aliphatic carbocycles.